The van der Waals surface area contributed by atoms with E-state index in [2.05, 4.69) is 85.3 Å². The summed E-state index contributed by atoms with van der Waals surface area (Å²) < 4.78 is 2.80. The van der Waals surface area contributed by atoms with Crippen LogP contribution in [0.3, 0.4) is 0 Å². The van der Waals surface area contributed by atoms with E-state index >= 15 is 0 Å². The zero-order valence-electron chi connectivity index (χ0n) is 25.4. The predicted octanol–water partition coefficient (Wildman–Crippen LogP) is 10.4. The molecule has 0 saturated heterocycles. The van der Waals surface area contributed by atoms with E-state index in [0.717, 1.165) is 17.0 Å². The van der Waals surface area contributed by atoms with Crippen LogP contribution in [0.5, 0.6) is 0 Å². The molecule has 1 aliphatic rings. The molecule has 221 valence electrons. The Bertz CT molecular complexity index is 1800. The molecule has 0 aliphatic heterocycles. The van der Waals surface area contributed by atoms with Gasteiger partial charge in [0.15, 0.2) is 0 Å². The third-order valence-corrected chi connectivity index (χ3v) is 11.8. The van der Waals surface area contributed by atoms with Crippen molar-refractivity contribution in [3.63, 3.8) is 0 Å². The molecule has 1 saturated carbocycles. The number of aryl methyl sites for hydroxylation is 1. The maximum absolute atomic E-state index is 4.78. The van der Waals surface area contributed by atoms with Crippen molar-refractivity contribution in [2.45, 2.75) is 64.6 Å². The van der Waals surface area contributed by atoms with Crippen molar-refractivity contribution in [1.29, 1.82) is 0 Å². The Kier molecular flexibility index (Phi) is 10.1. The number of pyridine rings is 2. The average molecular weight is 775 g/mol. The van der Waals surface area contributed by atoms with Gasteiger partial charge < -0.3 is 9.97 Å². The number of aromatic nitrogens is 2. The largest absolute Gasteiger partial charge is 0.305 e. The molecule has 3 aromatic carbocycles. The zero-order chi connectivity index (χ0) is 29.1. The molecule has 5 heteroatoms. The summed E-state index contributed by atoms with van der Waals surface area (Å²) in [6.07, 6.45) is 10.6. The standard InChI is InChI=1S/C26H28NSSi.C12H10N.Ir/c1-29(2,3)24-14-8-12-21-20-11-7-13-22(25(20)28-26(21)24)23-17-19(15-16-27-23)18-9-5-4-6-10-18;1-10-7-8-12(13-9-10)11-5-3-2-4-6-11;/h7-8,11-12,14-18H,4-6,9-10H2,1-3H3;2-5,7-9H,1H3;/q2*-1;. The van der Waals surface area contributed by atoms with Gasteiger partial charge in [-0.25, -0.2) is 0 Å². The average Bonchev–Trinajstić information content (AvgIpc) is 3.41. The third kappa shape index (κ3) is 7.07. The van der Waals surface area contributed by atoms with Crippen molar-refractivity contribution in [2.24, 2.45) is 0 Å². The summed E-state index contributed by atoms with van der Waals surface area (Å²) in [5, 5.41) is 4.30. The predicted molar refractivity (Wildman–Crippen MR) is 183 cm³/mol. The van der Waals surface area contributed by atoms with Crippen LogP contribution >= 0.6 is 11.3 Å². The number of hydrogen-bond acceptors (Lipinski definition) is 3. The summed E-state index contributed by atoms with van der Waals surface area (Å²) in [6.45, 7) is 9.35. The number of benzene rings is 3. The maximum atomic E-state index is 4.78. The molecule has 43 heavy (non-hydrogen) atoms. The van der Waals surface area contributed by atoms with Gasteiger partial charge in [0.25, 0.3) is 0 Å². The van der Waals surface area contributed by atoms with Crippen LogP contribution in [0.4, 0.5) is 0 Å². The molecule has 0 unspecified atom stereocenters. The second kappa shape index (κ2) is 13.8. The smallest absolute Gasteiger partial charge is 0.0794 e. The molecule has 0 bridgehead atoms. The summed E-state index contributed by atoms with van der Waals surface area (Å²) in [5.41, 5.74) is 6.92. The molecule has 6 aromatic rings. The van der Waals surface area contributed by atoms with Gasteiger partial charge in [-0.1, -0.05) is 86.3 Å². The van der Waals surface area contributed by atoms with E-state index in [4.69, 9.17) is 4.98 Å². The molecule has 7 rings (SSSR count). The Balaban J connectivity index is 0.000000221. The molecule has 2 nitrogen and oxygen atoms in total. The fraction of sp³-hybridized carbons (Fsp3) is 0.263. The summed E-state index contributed by atoms with van der Waals surface area (Å²) in [4.78, 5) is 9.10. The van der Waals surface area contributed by atoms with Gasteiger partial charge in [-0.15, -0.1) is 59.7 Å². The normalized spacial score (nSPS) is 13.8. The van der Waals surface area contributed by atoms with Crippen LogP contribution < -0.4 is 5.19 Å². The van der Waals surface area contributed by atoms with Crippen molar-refractivity contribution in [1.82, 2.24) is 9.97 Å². The molecule has 3 aromatic heterocycles. The van der Waals surface area contributed by atoms with Gasteiger partial charge >= 0.3 is 0 Å². The fourth-order valence-corrected chi connectivity index (χ4v) is 9.70. The van der Waals surface area contributed by atoms with Crippen LogP contribution in [0.15, 0.2) is 91.3 Å². The minimum absolute atomic E-state index is 0. The van der Waals surface area contributed by atoms with Crippen LogP contribution in [0, 0.1) is 19.1 Å². The Labute approximate surface area is 275 Å². The molecular formula is C38H38IrN2SSi-2. The number of fused-ring (bicyclic) bond motifs is 3. The first kappa shape index (κ1) is 31.5. The molecule has 0 atom stereocenters. The van der Waals surface area contributed by atoms with E-state index < -0.39 is 8.07 Å². The van der Waals surface area contributed by atoms with Gasteiger partial charge in [0.2, 0.25) is 0 Å². The van der Waals surface area contributed by atoms with E-state index in [1.165, 1.54) is 69.0 Å². The van der Waals surface area contributed by atoms with Gasteiger partial charge in [0, 0.05) is 37.2 Å². The molecule has 1 aliphatic carbocycles. The second-order valence-corrected chi connectivity index (χ2v) is 18.5. The first-order valence-corrected chi connectivity index (χ1v) is 19.4. The van der Waals surface area contributed by atoms with Crippen molar-refractivity contribution >= 4 is 44.8 Å². The Morgan fingerprint density at radius 1 is 0.767 bits per heavy atom. The van der Waals surface area contributed by atoms with Crippen LogP contribution in [-0.2, 0) is 20.1 Å². The van der Waals surface area contributed by atoms with E-state index in [1.54, 1.807) is 5.19 Å². The summed E-state index contributed by atoms with van der Waals surface area (Å²) >= 11 is 1.94. The Morgan fingerprint density at radius 2 is 1.58 bits per heavy atom. The molecule has 0 amide bonds. The number of rotatable bonds is 4. The van der Waals surface area contributed by atoms with Crippen molar-refractivity contribution in [3.8, 4) is 22.5 Å². The van der Waals surface area contributed by atoms with Crippen LogP contribution in [0.1, 0.15) is 49.1 Å². The molecule has 3 heterocycles. The van der Waals surface area contributed by atoms with Crippen LogP contribution in [-0.4, -0.2) is 18.0 Å². The van der Waals surface area contributed by atoms with Gasteiger partial charge in [-0.3, -0.25) is 0 Å². The van der Waals surface area contributed by atoms with Gasteiger partial charge in [0.05, 0.1) is 8.07 Å². The number of nitrogens with zero attached hydrogens (tertiary/aromatic N) is 2. The topological polar surface area (TPSA) is 25.8 Å². The molecule has 1 radical (unpaired) electrons. The molecule has 0 spiro atoms. The van der Waals surface area contributed by atoms with Gasteiger partial charge in [-0.2, -0.15) is 11.3 Å². The van der Waals surface area contributed by atoms with Crippen LogP contribution in [0.2, 0.25) is 19.6 Å². The van der Waals surface area contributed by atoms with E-state index in [0.29, 0.717) is 5.92 Å². The molecule has 1 fully saturated rings. The maximum Gasteiger partial charge on any atom is 0.0794 e. The van der Waals surface area contributed by atoms with E-state index in [-0.39, 0.29) is 20.1 Å². The summed E-state index contributed by atoms with van der Waals surface area (Å²) in [6, 6.07) is 34.4. The SMILES string of the molecule is C[Si](C)(C)c1cccc2c1sc1c(-c3cc(C4CCCCC4)ccn3)[c-]ccc12.Cc1ccc(-c2[c-]cccc2)nc1.[Ir]. The molecule has 0 N–H and O–H groups in total. The second-order valence-electron chi connectivity index (χ2n) is 12.4. The first-order valence-electron chi connectivity index (χ1n) is 15.1. The van der Waals surface area contributed by atoms with E-state index in [1.807, 2.05) is 61.0 Å². The zero-order valence-corrected chi connectivity index (χ0v) is 29.6. The number of hydrogen-bond donors (Lipinski definition) is 0. The van der Waals surface area contributed by atoms with Crippen molar-refractivity contribution < 1.29 is 20.1 Å². The van der Waals surface area contributed by atoms with Crippen molar-refractivity contribution in [3.05, 3.63) is 115 Å². The Hall–Kier alpha value is -2.95. The summed E-state index contributed by atoms with van der Waals surface area (Å²) in [7, 11) is -1.40. The third-order valence-electron chi connectivity index (χ3n) is 8.28. The van der Waals surface area contributed by atoms with Gasteiger partial charge in [0.1, 0.15) is 0 Å². The first-order chi connectivity index (χ1) is 20.4. The van der Waals surface area contributed by atoms with Gasteiger partial charge in [-0.05, 0) is 64.0 Å². The monoisotopic (exact) mass is 775 g/mol. The van der Waals surface area contributed by atoms with Crippen molar-refractivity contribution in [2.75, 3.05) is 0 Å². The Morgan fingerprint density at radius 3 is 2.30 bits per heavy atom. The fourth-order valence-electron chi connectivity index (χ4n) is 6.00. The van der Waals surface area contributed by atoms with E-state index in [9.17, 15) is 0 Å². The molecular weight excluding hydrogens is 737 g/mol. The summed E-state index contributed by atoms with van der Waals surface area (Å²) in [5.74, 6) is 0.700. The minimum Gasteiger partial charge on any atom is -0.305 e. The quantitative estimate of drug-likeness (QED) is 0.132. The van der Waals surface area contributed by atoms with Crippen LogP contribution in [0.25, 0.3) is 42.7 Å². The minimum atomic E-state index is -1.40. The number of thiophene rings is 1.